The van der Waals surface area contributed by atoms with Crippen molar-refractivity contribution in [2.24, 2.45) is 0 Å². The molecule has 0 amide bonds. The van der Waals surface area contributed by atoms with Crippen molar-refractivity contribution in [3.8, 4) is 0 Å². The highest BCUT2D eigenvalue weighted by atomic mass is 28.3. The summed E-state index contributed by atoms with van der Waals surface area (Å²) in [7, 11) is 2.52. The first kappa shape index (κ1) is 8.88. The van der Waals surface area contributed by atoms with Gasteiger partial charge in [0.25, 0.3) is 0 Å². The van der Waals surface area contributed by atoms with Crippen LogP contribution in [-0.4, -0.2) is 35.5 Å². The van der Waals surface area contributed by atoms with E-state index < -0.39 is 8.80 Å². The van der Waals surface area contributed by atoms with E-state index in [4.69, 9.17) is 9.47 Å². The largest absolute Gasteiger partial charge is 0.388 e. The van der Waals surface area contributed by atoms with Crippen LogP contribution >= 0.6 is 0 Å². The van der Waals surface area contributed by atoms with E-state index in [0.29, 0.717) is 0 Å². The molecule has 0 N–H and O–H groups in total. The van der Waals surface area contributed by atoms with Gasteiger partial charge in [0, 0.05) is 26.7 Å². The van der Waals surface area contributed by atoms with Gasteiger partial charge in [0.1, 0.15) is 8.80 Å². The van der Waals surface area contributed by atoms with Crippen LogP contribution in [0.3, 0.4) is 0 Å². The Hall–Kier alpha value is -0.123. The Bertz CT molecular complexity index is 69.5. The standard InChI is InChI=1S/C6H14O2Si/c1-4-9(5-7-2)6-8-3/h4,9H,1,5-6H2,2-3H3. The van der Waals surface area contributed by atoms with Crippen molar-refractivity contribution in [2.45, 2.75) is 0 Å². The van der Waals surface area contributed by atoms with E-state index in [-0.39, 0.29) is 0 Å². The van der Waals surface area contributed by atoms with Gasteiger partial charge in [-0.25, -0.2) is 0 Å². The maximum Gasteiger partial charge on any atom is 0.119 e. The first-order valence-electron chi connectivity index (χ1n) is 2.95. The maximum atomic E-state index is 4.96. The molecule has 0 heterocycles. The minimum atomic E-state index is -0.894. The molecule has 0 aliphatic heterocycles. The van der Waals surface area contributed by atoms with Gasteiger partial charge in [-0.3, -0.25) is 0 Å². The van der Waals surface area contributed by atoms with Crippen molar-refractivity contribution in [1.29, 1.82) is 0 Å². The van der Waals surface area contributed by atoms with Crippen molar-refractivity contribution in [3.05, 3.63) is 12.3 Å². The summed E-state index contributed by atoms with van der Waals surface area (Å²) in [5.74, 6) is 0. The third kappa shape index (κ3) is 4.38. The first-order chi connectivity index (χ1) is 4.35. The van der Waals surface area contributed by atoms with Crippen LogP contribution in [0, 0.1) is 0 Å². The molecule has 3 heteroatoms. The average Bonchev–Trinajstić information content (AvgIpc) is 1.88. The second-order valence-corrected chi connectivity index (χ2v) is 4.56. The van der Waals surface area contributed by atoms with E-state index >= 15 is 0 Å². The van der Waals surface area contributed by atoms with Crippen molar-refractivity contribution in [1.82, 2.24) is 0 Å². The minimum Gasteiger partial charge on any atom is -0.388 e. The highest BCUT2D eigenvalue weighted by molar-refractivity contribution is 6.63. The van der Waals surface area contributed by atoms with Gasteiger partial charge in [0.15, 0.2) is 0 Å². The molecule has 0 bridgehead atoms. The molecule has 0 spiro atoms. The van der Waals surface area contributed by atoms with Crippen LogP contribution in [0.2, 0.25) is 0 Å². The predicted octanol–water partition coefficient (Wildman–Crippen LogP) is 0.310. The van der Waals surface area contributed by atoms with E-state index in [1.165, 1.54) is 0 Å². The molecular formula is C6H14O2Si. The number of ether oxygens (including phenoxy) is 2. The zero-order chi connectivity index (χ0) is 7.11. The Balaban J connectivity index is 3.29. The highest BCUT2D eigenvalue weighted by Gasteiger charge is 2.03. The van der Waals surface area contributed by atoms with Crippen LogP contribution in [0.25, 0.3) is 0 Å². The van der Waals surface area contributed by atoms with Crippen LogP contribution in [0.1, 0.15) is 0 Å². The fourth-order valence-electron chi connectivity index (χ4n) is 0.612. The summed E-state index contributed by atoms with van der Waals surface area (Å²) in [5.41, 5.74) is 1.98. The molecule has 0 aromatic heterocycles. The summed E-state index contributed by atoms with van der Waals surface area (Å²) in [6.07, 6.45) is 1.66. The van der Waals surface area contributed by atoms with Gasteiger partial charge >= 0.3 is 0 Å². The second kappa shape index (κ2) is 6.00. The summed E-state index contributed by atoms with van der Waals surface area (Å²) in [6, 6.07) is 0. The second-order valence-electron chi connectivity index (χ2n) is 1.91. The van der Waals surface area contributed by atoms with Gasteiger partial charge in [-0.2, -0.15) is 0 Å². The van der Waals surface area contributed by atoms with Crippen molar-refractivity contribution in [2.75, 3.05) is 26.7 Å². The molecule has 0 fully saturated rings. The Kier molecular flexibility index (Phi) is 5.92. The minimum absolute atomic E-state index is 0.831. The monoisotopic (exact) mass is 146 g/mol. The van der Waals surface area contributed by atoms with Crippen molar-refractivity contribution < 1.29 is 9.47 Å². The molecule has 0 aliphatic carbocycles. The molecule has 0 rings (SSSR count). The number of methoxy groups -OCH3 is 2. The van der Waals surface area contributed by atoms with Gasteiger partial charge in [-0.05, 0) is 0 Å². The SMILES string of the molecule is C=C[SiH](COC)COC. The van der Waals surface area contributed by atoms with E-state index in [2.05, 4.69) is 6.58 Å². The van der Waals surface area contributed by atoms with Crippen LogP contribution in [0.4, 0.5) is 0 Å². The molecule has 0 unspecified atom stereocenters. The lowest BCUT2D eigenvalue weighted by molar-refractivity contribution is 0.224. The average molecular weight is 146 g/mol. The van der Waals surface area contributed by atoms with Crippen LogP contribution in [0.5, 0.6) is 0 Å². The van der Waals surface area contributed by atoms with Gasteiger partial charge in [-0.1, -0.05) is 0 Å². The van der Waals surface area contributed by atoms with E-state index in [1.807, 2.05) is 5.70 Å². The van der Waals surface area contributed by atoms with Crippen LogP contribution in [0.15, 0.2) is 12.3 Å². The lowest BCUT2D eigenvalue weighted by atomic mass is 11.3. The molecule has 0 atom stereocenters. The molecule has 0 aliphatic rings. The lowest BCUT2D eigenvalue weighted by Crippen LogP contribution is -2.23. The summed E-state index contributed by atoms with van der Waals surface area (Å²) in [6.45, 7) is 3.70. The quantitative estimate of drug-likeness (QED) is 0.520. The Labute approximate surface area is 58.1 Å². The van der Waals surface area contributed by atoms with Crippen LogP contribution < -0.4 is 0 Å². The Morgan fingerprint density at radius 3 is 2.00 bits per heavy atom. The van der Waals surface area contributed by atoms with Gasteiger partial charge < -0.3 is 9.47 Å². The van der Waals surface area contributed by atoms with Crippen LogP contribution in [-0.2, 0) is 9.47 Å². The zero-order valence-corrected chi connectivity index (χ0v) is 7.25. The summed E-state index contributed by atoms with van der Waals surface area (Å²) in [4.78, 5) is 0. The van der Waals surface area contributed by atoms with Gasteiger partial charge in [-0.15, -0.1) is 12.3 Å². The predicted molar refractivity (Wildman–Crippen MR) is 41.1 cm³/mol. The summed E-state index contributed by atoms with van der Waals surface area (Å²) >= 11 is 0. The Morgan fingerprint density at radius 2 is 1.78 bits per heavy atom. The van der Waals surface area contributed by atoms with E-state index in [0.717, 1.165) is 12.5 Å². The fraction of sp³-hybridized carbons (Fsp3) is 0.667. The lowest BCUT2D eigenvalue weighted by Gasteiger charge is -2.06. The smallest absolute Gasteiger partial charge is 0.119 e. The molecule has 0 aromatic rings. The third-order valence-electron chi connectivity index (χ3n) is 1.09. The molecule has 0 saturated carbocycles. The van der Waals surface area contributed by atoms with Crippen molar-refractivity contribution in [3.63, 3.8) is 0 Å². The third-order valence-corrected chi connectivity index (χ3v) is 3.28. The maximum absolute atomic E-state index is 4.96. The summed E-state index contributed by atoms with van der Waals surface area (Å²) in [5, 5.41) is 0. The summed E-state index contributed by atoms with van der Waals surface area (Å²) < 4.78 is 9.92. The fourth-order valence-corrected chi connectivity index (χ4v) is 1.84. The molecule has 0 radical (unpaired) electrons. The van der Waals surface area contributed by atoms with E-state index in [9.17, 15) is 0 Å². The highest BCUT2D eigenvalue weighted by Crippen LogP contribution is 1.84. The number of hydrogen-bond acceptors (Lipinski definition) is 2. The molecular weight excluding hydrogens is 132 g/mol. The molecule has 54 valence electrons. The molecule has 9 heavy (non-hydrogen) atoms. The van der Waals surface area contributed by atoms with Gasteiger partial charge in [0.2, 0.25) is 0 Å². The van der Waals surface area contributed by atoms with Gasteiger partial charge in [0.05, 0.1) is 0 Å². The zero-order valence-electron chi connectivity index (χ0n) is 6.09. The number of rotatable bonds is 5. The molecule has 0 saturated heterocycles. The molecule has 0 aromatic carbocycles. The topological polar surface area (TPSA) is 18.5 Å². The van der Waals surface area contributed by atoms with E-state index in [1.54, 1.807) is 14.2 Å². The Morgan fingerprint density at radius 1 is 1.33 bits per heavy atom. The van der Waals surface area contributed by atoms with Crippen molar-refractivity contribution >= 4 is 8.80 Å². The molecule has 2 nitrogen and oxygen atoms in total. The number of hydrogen-bond donors (Lipinski definition) is 0. The normalized spacial score (nSPS) is 10.1. The first-order valence-corrected chi connectivity index (χ1v) is 5.25.